The van der Waals surface area contributed by atoms with Crippen LogP contribution in [0.1, 0.15) is 13.0 Å². The molecular weight excluding hydrogens is 242 g/mol. The van der Waals surface area contributed by atoms with Crippen molar-refractivity contribution in [2.75, 3.05) is 0 Å². The molecule has 4 nitrogen and oxygen atoms in total. The van der Waals surface area contributed by atoms with E-state index in [1.807, 2.05) is 0 Å². The van der Waals surface area contributed by atoms with Crippen LogP contribution in [0.15, 0.2) is 35.3 Å². The van der Waals surface area contributed by atoms with Crippen LogP contribution in [0, 0.1) is 0 Å². The Hall–Kier alpha value is -1.81. The first kappa shape index (κ1) is 11.7. The highest BCUT2D eigenvalue weighted by molar-refractivity contribution is 6.31. The van der Waals surface area contributed by atoms with Gasteiger partial charge in [-0.3, -0.25) is 4.79 Å². The molecule has 0 bridgehead atoms. The Bertz CT molecular complexity index is 648. The summed E-state index contributed by atoms with van der Waals surface area (Å²) in [6.07, 6.45) is 1.47. The average Bonchev–Trinajstić information content (AvgIpc) is 2.28. The highest BCUT2D eigenvalue weighted by atomic mass is 35.5. The largest absolute Gasteiger partial charge is 0.480 e. The van der Waals surface area contributed by atoms with Crippen LogP contribution in [0.25, 0.3) is 10.8 Å². The smallest absolute Gasteiger partial charge is 0.326 e. The fourth-order valence-electron chi connectivity index (χ4n) is 1.66. The lowest BCUT2D eigenvalue weighted by Gasteiger charge is -2.11. The Morgan fingerprint density at radius 1 is 1.41 bits per heavy atom. The van der Waals surface area contributed by atoms with Gasteiger partial charge in [-0.2, -0.15) is 0 Å². The van der Waals surface area contributed by atoms with Gasteiger partial charge in [-0.05, 0) is 36.6 Å². The number of nitrogens with zero attached hydrogens (tertiary/aromatic N) is 1. The number of pyridine rings is 1. The highest BCUT2D eigenvalue weighted by Crippen LogP contribution is 2.17. The average molecular weight is 252 g/mol. The third kappa shape index (κ3) is 2.03. The summed E-state index contributed by atoms with van der Waals surface area (Å²) >= 11 is 5.82. The molecule has 0 amide bonds. The minimum atomic E-state index is -1.04. The molecule has 88 valence electrons. The Balaban J connectivity index is 2.70. The molecular formula is C12H10ClNO3. The van der Waals surface area contributed by atoms with E-state index in [0.29, 0.717) is 15.8 Å². The number of carboxylic acid groups (broad SMARTS) is 1. The van der Waals surface area contributed by atoms with E-state index in [4.69, 9.17) is 16.7 Å². The zero-order valence-electron chi connectivity index (χ0n) is 9.05. The van der Waals surface area contributed by atoms with Gasteiger partial charge in [0.25, 0.3) is 5.56 Å². The number of aliphatic carboxylic acids is 1. The van der Waals surface area contributed by atoms with Gasteiger partial charge >= 0.3 is 5.97 Å². The van der Waals surface area contributed by atoms with Gasteiger partial charge in [0.1, 0.15) is 6.04 Å². The van der Waals surface area contributed by atoms with Crippen LogP contribution in [-0.2, 0) is 4.79 Å². The molecule has 0 spiro atoms. The minimum absolute atomic E-state index is 0.325. The second-order valence-electron chi connectivity index (χ2n) is 3.77. The molecule has 1 N–H and O–H groups in total. The van der Waals surface area contributed by atoms with Gasteiger partial charge in [-0.15, -0.1) is 0 Å². The number of rotatable bonds is 2. The number of benzene rings is 1. The quantitative estimate of drug-likeness (QED) is 0.891. The minimum Gasteiger partial charge on any atom is -0.480 e. The Labute approximate surface area is 102 Å². The maximum atomic E-state index is 12.0. The third-order valence-electron chi connectivity index (χ3n) is 2.67. The van der Waals surface area contributed by atoms with Gasteiger partial charge in [0.05, 0.1) is 0 Å². The van der Waals surface area contributed by atoms with Crippen molar-refractivity contribution in [3.8, 4) is 0 Å². The first-order chi connectivity index (χ1) is 8.00. The molecule has 2 aromatic rings. The molecule has 0 aliphatic heterocycles. The predicted molar refractivity (Wildman–Crippen MR) is 65.6 cm³/mol. The lowest BCUT2D eigenvalue weighted by molar-refractivity contribution is -0.140. The van der Waals surface area contributed by atoms with Crippen molar-refractivity contribution in [2.24, 2.45) is 0 Å². The van der Waals surface area contributed by atoms with Crippen molar-refractivity contribution >= 4 is 28.3 Å². The lowest BCUT2D eigenvalue weighted by atomic mass is 10.1. The van der Waals surface area contributed by atoms with E-state index in [1.165, 1.54) is 17.7 Å². The number of fused-ring (bicyclic) bond motifs is 1. The number of carboxylic acids is 1. The summed E-state index contributed by atoms with van der Waals surface area (Å²) in [6.45, 7) is 1.46. The fourth-order valence-corrected chi connectivity index (χ4v) is 1.84. The number of hydrogen-bond donors (Lipinski definition) is 1. The molecule has 1 unspecified atom stereocenters. The number of halogens is 1. The molecule has 0 aliphatic carbocycles. The normalized spacial score (nSPS) is 12.6. The van der Waals surface area contributed by atoms with Crippen molar-refractivity contribution in [3.05, 3.63) is 45.8 Å². The maximum Gasteiger partial charge on any atom is 0.326 e. The molecule has 1 heterocycles. The van der Waals surface area contributed by atoms with Gasteiger partial charge in [-0.25, -0.2) is 4.79 Å². The lowest BCUT2D eigenvalue weighted by Crippen LogP contribution is -2.27. The molecule has 1 atom stereocenters. The van der Waals surface area contributed by atoms with Crippen LogP contribution in [0.4, 0.5) is 0 Å². The van der Waals surface area contributed by atoms with Gasteiger partial charge in [0.2, 0.25) is 0 Å². The molecule has 2 rings (SSSR count). The summed E-state index contributed by atoms with van der Waals surface area (Å²) in [4.78, 5) is 22.9. The first-order valence-electron chi connectivity index (χ1n) is 5.04. The van der Waals surface area contributed by atoms with Gasteiger partial charge in [0, 0.05) is 16.6 Å². The first-order valence-corrected chi connectivity index (χ1v) is 5.41. The molecule has 1 aromatic carbocycles. The van der Waals surface area contributed by atoms with Crippen LogP contribution in [0.3, 0.4) is 0 Å². The van der Waals surface area contributed by atoms with Gasteiger partial charge in [0.15, 0.2) is 0 Å². The van der Waals surface area contributed by atoms with E-state index in [9.17, 15) is 9.59 Å². The standard InChI is InChI=1S/C12H10ClNO3/c1-7(12(16)17)14-5-4-8-6-9(13)2-3-10(8)11(14)15/h2-7H,1H3,(H,16,17). The van der Waals surface area contributed by atoms with E-state index in [-0.39, 0.29) is 5.56 Å². The highest BCUT2D eigenvalue weighted by Gasteiger charge is 2.15. The predicted octanol–water partition coefficient (Wildman–Crippen LogP) is 2.30. The molecule has 0 saturated carbocycles. The Kier molecular flexibility index (Phi) is 2.90. The van der Waals surface area contributed by atoms with Crippen molar-refractivity contribution in [2.45, 2.75) is 13.0 Å². The molecule has 0 fully saturated rings. The van der Waals surface area contributed by atoms with E-state index in [2.05, 4.69) is 0 Å². The van der Waals surface area contributed by atoms with Crippen LogP contribution in [-0.4, -0.2) is 15.6 Å². The SMILES string of the molecule is CC(C(=O)O)n1ccc2cc(Cl)ccc2c1=O. The van der Waals surface area contributed by atoms with Crippen molar-refractivity contribution in [1.82, 2.24) is 4.57 Å². The summed E-state index contributed by atoms with van der Waals surface area (Å²) in [7, 11) is 0. The maximum absolute atomic E-state index is 12.0. The van der Waals surface area contributed by atoms with E-state index in [1.54, 1.807) is 24.3 Å². The molecule has 0 saturated heterocycles. The van der Waals surface area contributed by atoms with Crippen molar-refractivity contribution in [1.29, 1.82) is 0 Å². The van der Waals surface area contributed by atoms with Crippen molar-refractivity contribution < 1.29 is 9.90 Å². The zero-order valence-corrected chi connectivity index (χ0v) is 9.81. The van der Waals surface area contributed by atoms with Crippen LogP contribution >= 0.6 is 11.6 Å². The summed E-state index contributed by atoms with van der Waals surface area (Å²) in [6, 6.07) is 5.69. The molecule has 0 aliphatic rings. The summed E-state index contributed by atoms with van der Waals surface area (Å²) in [5.41, 5.74) is -0.325. The van der Waals surface area contributed by atoms with Crippen LogP contribution in [0.2, 0.25) is 5.02 Å². The Morgan fingerprint density at radius 3 is 2.76 bits per heavy atom. The Morgan fingerprint density at radius 2 is 2.12 bits per heavy atom. The van der Waals surface area contributed by atoms with E-state index >= 15 is 0 Å². The number of aromatic nitrogens is 1. The van der Waals surface area contributed by atoms with Crippen LogP contribution < -0.4 is 5.56 Å². The van der Waals surface area contributed by atoms with E-state index in [0.717, 1.165) is 0 Å². The molecule has 17 heavy (non-hydrogen) atoms. The van der Waals surface area contributed by atoms with Gasteiger partial charge < -0.3 is 9.67 Å². The van der Waals surface area contributed by atoms with E-state index < -0.39 is 12.0 Å². The van der Waals surface area contributed by atoms with Gasteiger partial charge in [-0.1, -0.05) is 11.6 Å². The summed E-state index contributed by atoms with van der Waals surface area (Å²) < 4.78 is 1.19. The molecule has 0 radical (unpaired) electrons. The number of carbonyl (C=O) groups is 1. The van der Waals surface area contributed by atoms with Crippen molar-refractivity contribution in [3.63, 3.8) is 0 Å². The third-order valence-corrected chi connectivity index (χ3v) is 2.90. The summed E-state index contributed by atoms with van der Waals surface area (Å²) in [5, 5.41) is 10.6. The second-order valence-corrected chi connectivity index (χ2v) is 4.21. The monoisotopic (exact) mass is 251 g/mol. The topological polar surface area (TPSA) is 59.3 Å². The second kappa shape index (κ2) is 4.22. The fraction of sp³-hybridized carbons (Fsp3) is 0.167. The molecule has 5 heteroatoms. The zero-order chi connectivity index (χ0) is 12.6. The number of hydrogen-bond acceptors (Lipinski definition) is 2. The molecule has 1 aromatic heterocycles. The summed E-state index contributed by atoms with van der Waals surface area (Å²) in [5.74, 6) is -1.04. The van der Waals surface area contributed by atoms with Crippen LogP contribution in [0.5, 0.6) is 0 Å².